The molecule has 1 amide bonds. The van der Waals surface area contributed by atoms with Gasteiger partial charge in [-0.25, -0.2) is 8.42 Å². The van der Waals surface area contributed by atoms with Crippen LogP contribution in [0.1, 0.15) is 55.4 Å². The Morgan fingerprint density at radius 3 is 1.90 bits per heavy atom. The van der Waals surface area contributed by atoms with Crippen LogP contribution in [0.5, 0.6) is 0 Å². The maximum Gasteiger partial charge on any atom is 0.243 e. The van der Waals surface area contributed by atoms with E-state index in [9.17, 15) is 13.2 Å². The maximum absolute atomic E-state index is 13.4. The number of nitrogens with zero attached hydrogens (tertiary/aromatic N) is 2. The molecule has 2 aliphatic rings. The first-order valence-corrected chi connectivity index (χ1v) is 12.3. The maximum atomic E-state index is 13.4. The summed E-state index contributed by atoms with van der Waals surface area (Å²) in [4.78, 5) is 15.5. The van der Waals surface area contributed by atoms with Crippen molar-refractivity contribution in [1.29, 1.82) is 0 Å². The average Bonchev–Trinajstić information content (AvgIpc) is 2.65. The number of carbonyl (C=O) groups excluding carboxylic acids is 1. The van der Waals surface area contributed by atoms with E-state index in [1.165, 1.54) is 6.42 Å². The summed E-state index contributed by atoms with van der Waals surface area (Å²) < 4.78 is 28.4. The molecule has 0 aromatic heterocycles. The Hall–Kier alpha value is -1.40. The molecule has 29 heavy (non-hydrogen) atoms. The van der Waals surface area contributed by atoms with Gasteiger partial charge >= 0.3 is 0 Å². The quantitative estimate of drug-likeness (QED) is 0.747. The Morgan fingerprint density at radius 1 is 0.931 bits per heavy atom. The molecule has 2 fully saturated rings. The van der Waals surface area contributed by atoms with Crippen LogP contribution in [0.2, 0.25) is 0 Å². The number of benzene rings is 1. The monoisotopic (exact) mass is 420 g/mol. The predicted octanol–water partition coefficient (Wildman–Crippen LogP) is 3.83. The molecule has 0 radical (unpaired) electrons. The lowest BCUT2D eigenvalue weighted by molar-refractivity contribution is -0.139. The summed E-state index contributed by atoms with van der Waals surface area (Å²) in [6.07, 6.45) is 2.40. The normalized spacial score (nSPS) is 24.7. The summed E-state index contributed by atoms with van der Waals surface area (Å²) in [5.74, 6) is 1.25. The Morgan fingerprint density at radius 2 is 1.41 bits per heavy atom. The van der Waals surface area contributed by atoms with Crippen molar-refractivity contribution in [3.63, 3.8) is 0 Å². The molecule has 0 bridgehead atoms. The average molecular weight is 421 g/mol. The number of rotatable bonds is 3. The smallest absolute Gasteiger partial charge is 0.243 e. The van der Waals surface area contributed by atoms with Gasteiger partial charge < -0.3 is 4.90 Å². The zero-order valence-corrected chi connectivity index (χ0v) is 19.6. The van der Waals surface area contributed by atoms with Gasteiger partial charge in [-0.2, -0.15) is 4.31 Å². The van der Waals surface area contributed by atoms with E-state index in [0.29, 0.717) is 42.7 Å². The van der Waals surface area contributed by atoms with Crippen molar-refractivity contribution < 1.29 is 13.2 Å². The molecular formula is C23H36N2O3S. The SMILES string of the molecule is Cc1cc(C)c(C)c(S(=O)(=O)N2CCC(C(=O)N3C[C@H](C)C[C@H](C)C3)CC2)c1C. The summed E-state index contributed by atoms with van der Waals surface area (Å²) in [5.41, 5.74) is 3.68. The molecule has 5 nitrogen and oxygen atoms in total. The summed E-state index contributed by atoms with van der Waals surface area (Å²) in [7, 11) is -3.55. The molecule has 162 valence electrons. The summed E-state index contributed by atoms with van der Waals surface area (Å²) >= 11 is 0. The van der Waals surface area contributed by atoms with Gasteiger partial charge in [-0.3, -0.25) is 4.79 Å². The van der Waals surface area contributed by atoms with Crippen LogP contribution in [0.4, 0.5) is 0 Å². The molecule has 0 spiro atoms. The largest absolute Gasteiger partial charge is 0.342 e. The molecule has 0 N–H and O–H groups in total. The minimum atomic E-state index is -3.55. The van der Waals surface area contributed by atoms with Crippen LogP contribution in [-0.2, 0) is 14.8 Å². The third kappa shape index (κ3) is 4.38. The summed E-state index contributed by atoms with van der Waals surface area (Å²) in [6.45, 7) is 14.6. The summed E-state index contributed by atoms with van der Waals surface area (Å²) in [6, 6.07) is 2.05. The van der Waals surface area contributed by atoms with Gasteiger partial charge in [0.15, 0.2) is 0 Å². The van der Waals surface area contributed by atoms with Crippen LogP contribution < -0.4 is 0 Å². The van der Waals surface area contributed by atoms with Gasteiger partial charge in [0, 0.05) is 32.1 Å². The van der Waals surface area contributed by atoms with Crippen molar-refractivity contribution in [2.45, 2.75) is 65.7 Å². The van der Waals surface area contributed by atoms with Crippen LogP contribution in [-0.4, -0.2) is 49.7 Å². The molecular weight excluding hydrogens is 384 g/mol. The number of sulfonamides is 1. The van der Waals surface area contributed by atoms with Crippen molar-refractivity contribution >= 4 is 15.9 Å². The van der Waals surface area contributed by atoms with Crippen LogP contribution in [0.15, 0.2) is 11.0 Å². The van der Waals surface area contributed by atoms with Crippen molar-refractivity contribution in [1.82, 2.24) is 9.21 Å². The third-order valence-electron chi connectivity index (χ3n) is 6.88. The molecule has 0 unspecified atom stereocenters. The first kappa shape index (κ1) is 22.3. The predicted molar refractivity (Wildman–Crippen MR) is 116 cm³/mol. The molecule has 3 rings (SSSR count). The Balaban J connectivity index is 1.73. The Kier molecular flexibility index (Phi) is 6.44. The number of amides is 1. The fraction of sp³-hybridized carbons (Fsp3) is 0.696. The van der Waals surface area contributed by atoms with Gasteiger partial charge in [0.2, 0.25) is 15.9 Å². The Bertz CT molecular complexity index is 850. The molecule has 0 saturated carbocycles. The number of hydrogen-bond donors (Lipinski definition) is 0. The Labute approximate surface area is 176 Å². The molecule has 2 aliphatic heterocycles. The van der Waals surface area contributed by atoms with E-state index in [4.69, 9.17) is 0 Å². The van der Waals surface area contributed by atoms with E-state index in [1.807, 2.05) is 32.6 Å². The van der Waals surface area contributed by atoms with Gasteiger partial charge in [0.25, 0.3) is 0 Å². The van der Waals surface area contributed by atoms with E-state index in [-0.39, 0.29) is 11.8 Å². The van der Waals surface area contributed by atoms with Crippen LogP contribution in [0, 0.1) is 45.4 Å². The van der Waals surface area contributed by atoms with Crippen molar-refractivity contribution in [2.75, 3.05) is 26.2 Å². The zero-order valence-electron chi connectivity index (χ0n) is 18.8. The van der Waals surface area contributed by atoms with Gasteiger partial charge in [-0.15, -0.1) is 0 Å². The number of carbonyl (C=O) groups is 1. The van der Waals surface area contributed by atoms with E-state index in [1.54, 1.807) is 4.31 Å². The van der Waals surface area contributed by atoms with Crippen LogP contribution in [0.25, 0.3) is 0 Å². The number of piperidine rings is 2. The molecule has 0 aliphatic carbocycles. The molecule has 2 atom stereocenters. The first-order chi connectivity index (χ1) is 13.5. The van der Waals surface area contributed by atoms with Gasteiger partial charge in [-0.05, 0) is 81.0 Å². The number of aryl methyl sites for hydroxylation is 2. The highest BCUT2D eigenvalue weighted by molar-refractivity contribution is 7.89. The van der Waals surface area contributed by atoms with Crippen molar-refractivity contribution in [3.05, 3.63) is 28.3 Å². The topological polar surface area (TPSA) is 57.7 Å². The number of likely N-dealkylation sites (tertiary alicyclic amines) is 1. The van der Waals surface area contributed by atoms with Crippen LogP contribution in [0.3, 0.4) is 0 Å². The third-order valence-corrected chi connectivity index (χ3v) is 9.05. The van der Waals surface area contributed by atoms with Gasteiger partial charge in [0.1, 0.15) is 0 Å². The van der Waals surface area contributed by atoms with E-state index in [0.717, 1.165) is 35.3 Å². The zero-order chi connectivity index (χ0) is 21.5. The lowest BCUT2D eigenvalue weighted by Crippen LogP contribution is -2.48. The standard InChI is InChI=1S/C23H36N2O3S/c1-15-11-16(2)14-24(13-15)23(26)21-7-9-25(10-8-21)29(27,28)22-19(5)17(3)12-18(4)20(22)6/h12,15-16,21H,7-11,13-14H2,1-6H3/t15-,16+. The van der Waals surface area contributed by atoms with E-state index >= 15 is 0 Å². The highest BCUT2D eigenvalue weighted by Crippen LogP contribution is 2.32. The van der Waals surface area contributed by atoms with Gasteiger partial charge in [-0.1, -0.05) is 19.9 Å². The first-order valence-electron chi connectivity index (χ1n) is 10.9. The minimum Gasteiger partial charge on any atom is -0.342 e. The van der Waals surface area contributed by atoms with Crippen molar-refractivity contribution in [3.8, 4) is 0 Å². The number of hydrogen-bond acceptors (Lipinski definition) is 3. The lowest BCUT2D eigenvalue weighted by atomic mass is 9.89. The summed E-state index contributed by atoms with van der Waals surface area (Å²) in [5, 5.41) is 0. The fourth-order valence-electron chi connectivity index (χ4n) is 5.14. The second-order valence-electron chi connectivity index (χ2n) is 9.46. The highest BCUT2D eigenvalue weighted by Gasteiger charge is 2.36. The molecule has 1 aromatic carbocycles. The minimum absolute atomic E-state index is 0.0552. The molecule has 2 saturated heterocycles. The second-order valence-corrected chi connectivity index (χ2v) is 11.3. The van der Waals surface area contributed by atoms with Gasteiger partial charge in [0.05, 0.1) is 4.90 Å². The second kappa shape index (κ2) is 8.38. The van der Waals surface area contributed by atoms with E-state index < -0.39 is 10.0 Å². The molecule has 1 aromatic rings. The van der Waals surface area contributed by atoms with E-state index in [2.05, 4.69) is 19.9 Å². The molecule has 6 heteroatoms. The van der Waals surface area contributed by atoms with Crippen LogP contribution >= 0.6 is 0 Å². The fourth-order valence-corrected chi connectivity index (χ4v) is 7.19. The lowest BCUT2D eigenvalue weighted by Gasteiger charge is -2.39. The highest BCUT2D eigenvalue weighted by atomic mass is 32.2. The molecule has 2 heterocycles. The van der Waals surface area contributed by atoms with Crippen molar-refractivity contribution in [2.24, 2.45) is 17.8 Å².